The van der Waals surface area contributed by atoms with Gasteiger partial charge in [-0.3, -0.25) is 0 Å². The maximum atomic E-state index is 5.95. The van der Waals surface area contributed by atoms with Gasteiger partial charge in [-0.05, 0) is 49.2 Å². The minimum atomic E-state index is 0.492. The zero-order valence-electron chi connectivity index (χ0n) is 12.2. The van der Waals surface area contributed by atoms with E-state index >= 15 is 0 Å². The SMILES string of the molecule is CCCNC(CCC)c1ccc(-c2ccc(Cl)cc2)s1. The number of thiophene rings is 1. The molecule has 2 rings (SSSR count). The number of rotatable bonds is 7. The van der Waals surface area contributed by atoms with Gasteiger partial charge in [0, 0.05) is 20.8 Å². The second-order valence-corrected chi connectivity index (χ2v) is 6.56. The first-order chi connectivity index (χ1) is 9.74. The number of nitrogens with one attached hydrogen (secondary N) is 1. The van der Waals surface area contributed by atoms with E-state index in [0.717, 1.165) is 11.6 Å². The molecular weight excluding hydrogens is 286 g/mol. The van der Waals surface area contributed by atoms with Crippen molar-refractivity contribution in [3.63, 3.8) is 0 Å². The fourth-order valence-corrected chi connectivity index (χ4v) is 3.51. The Kier molecular flexibility index (Phi) is 6.08. The summed E-state index contributed by atoms with van der Waals surface area (Å²) in [6, 6.07) is 13.1. The largest absolute Gasteiger partial charge is 0.309 e. The second-order valence-electron chi connectivity index (χ2n) is 5.00. The molecule has 0 amide bonds. The molecule has 0 aliphatic carbocycles. The molecule has 1 aromatic carbocycles. The number of benzene rings is 1. The summed E-state index contributed by atoms with van der Waals surface area (Å²) >= 11 is 7.83. The summed E-state index contributed by atoms with van der Waals surface area (Å²) < 4.78 is 0. The number of hydrogen-bond acceptors (Lipinski definition) is 2. The third-order valence-corrected chi connectivity index (χ3v) is 4.82. The minimum absolute atomic E-state index is 0.492. The Morgan fingerprint density at radius 1 is 1.05 bits per heavy atom. The molecule has 1 aromatic heterocycles. The lowest BCUT2D eigenvalue weighted by molar-refractivity contribution is 0.501. The van der Waals surface area contributed by atoms with E-state index in [9.17, 15) is 0 Å². The molecule has 0 aliphatic heterocycles. The van der Waals surface area contributed by atoms with Crippen LogP contribution in [0.25, 0.3) is 10.4 Å². The fourth-order valence-electron chi connectivity index (χ4n) is 2.26. The van der Waals surface area contributed by atoms with Crippen molar-refractivity contribution in [1.82, 2.24) is 5.32 Å². The van der Waals surface area contributed by atoms with Gasteiger partial charge < -0.3 is 5.32 Å². The molecule has 0 aliphatic rings. The Morgan fingerprint density at radius 2 is 1.80 bits per heavy atom. The summed E-state index contributed by atoms with van der Waals surface area (Å²) in [5.74, 6) is 0. The maximum Gasteiger partial charge on any atom is 0.0414 e. The van der Waals surface area contributed by atoms with Crippen LogP contribution >= 0.6 is 22.9 Å². The van der Waals surface area contributed by atoms with E-state index in [1.807, 2.05) is 23.5 Å². The van der Waals surface area contributed by atoms with E-state index in [0.29, 0.717) is 6.04 Å². The second kappa shape index (κ2) is 7.82. The summed E-state index contributed by atoms with van der Waals surface area (Å²) in [4.78, 5) is 2.75. The van der Waals surface area contributed by atoms with Gasteiger partial charge in [0.1, 0.15) is 0 Å². The van der Waals surface area contributed by atoms with Gasteiger partial charge in [0.05, 0.1) is 0 Å². The van der Waals surface area contributed by atoms with Crippen LogP contribution < -0.4 is 5.32 Å². The van der Waals surface area contributed by atoms with Crippen LogP contribution in [0.1, 0.15) is 44.0 Å². The summed E-state index contributed by atoms with van der Waals surface area (Å²) in [5, 5.41) is 4.44. The first kappa shape index (κ1) is 15.6. The number of halogens is 1. The molecule has 1 atom stereocenters. The van der Waals surface area contributed by atoms with Crippen molar-refractivity contribution in [2.45, 2.75) is 39.2 Å². The molecule has 0 bridgehead atoms. The molecule has 1 unspecified atom stereocenters. The van der Waals surface area contributed by atoms with Crippen LogP contribution in [0.3, 0.4) is 0 Å². The van der Waals surface area contributed by atoms with Crippen LogP contribution in [0.4, 0.5) is 0 Å². The van der Waals surface area contributed by atoms with E-state index < -0.39 is 0 Å². The molecule has 1 heterocycles. The van der Waals surface area contributed by atoms with Crippen molar-refractivity contribution in [2.75, 3.05) is 6.54 Å². The van der Waals surface area contributed by atoms with Gasteiger partial charge in [0.15, 0.2) is 0 Å². The van der Waals surface area contributed by atoms with Gasteiger partial charge >= 0.3 is 0 Å². The summed E-state index contributed by atoms with van der Waals surface area (Å²) in [6.07, 6.45) is 3.58. The molecule has 3 heteroatoms. The molecule has 1 nitrogen and oxygen atoms in total. The molecule has 0 saturated carbocycles. The lowest BCUT2D eigenvalue weighted by atomic mass is 10.1. The number of hydrogen-bond donors (Lipinski definition) is 1. The normalized spacial score (nSPS) is 12.6. The quantitative estimate of drug-likeness (QED) is 0.670. The molecule has 0 fully saturated rings. The van der Waals surface area contributed by atoms with E-state index in [1.165, 1.54) is 34.6 Å². The predicted molar refractivity (Wildman–Crippen MR) is 90.7 cm³/mol. The molecular formula is C17H22ClNS. The Balaban J connectivity index is 2.15. The van der Waals surface area contributed by atoms with Gasteiger partial charge in [-0.2, -0.15) is 0 Å². The summed E-state index contributed by atoms with van der Waals surface area (Å²) in [7, 11) is 0. The summed E-state index contributed by atoms with van der Waals surface area (Å²) in [6.45, 7) is 5.54. The first-order valence-electron chi connectivity index (χ1n) is 7.33. The standard InChI is InChI=1S/C17H22ClNS/c1-3-5-15(19-12-4-2)17-11-10-16(20-17)13-6-8-14(18)9-7-13/h6-11,15,19H,3-5,12H2,1-2H3. The average molecular weight is 308 g/mol. The van der Waals surface area contributed by atoms with Crippen LogP contribution in [-0.2, 0) is 0 Å². The van der Waals surface area contributed by atoms with Crippen LogP contribution in [0.15, 0.2) is 36.4 Å². The van der Waals surface area contributed by atoms with Crippen molar-refractivity contribution < 1.29 is 0 Å². The van der Waals surface area contributed by atoms with Crippen molar-refractivity contribution in [1.29, 1.82) is 0 Å². The van der Waals surface area contributed by atoms with Crippen LogP contribution in [0.2, 0.25) is 5.02 Å². The highest BCUT2D eigenvalue weighted by Gasteiger charge is 2.12. The van der Waals surface area contributed by atoms with Gasteiger partial charge in [0.2, 0.25) is 0 Å². The topological polar surface area (TPSA) is 12.0 Å². The van der Waals surface area contributed by atoms with Crippen LogP contribution in [-0.4, -0.2) is 6.54 Å². The van der Waals surface area contributed by atoms with E-state index in [1.54, 1.807) is 0 Å². The van der Waals surface area contributed by atoms with E-state index in [-0.39, 0.29) is 0 Å². The highest BCUT2D eigenvalue weighted by atomic mass is 35.5. The lowest BCUT2D eigenvalue weighted by Gasteiger charge is -2.16. The van der Waals surface area contributed by atoms with E-state index in [2.05, 4.69) is 43.4 Å². The monoisotopic (exact) mass is 307 g/mol. The Bertz CT molecular complexity index is 518. The Morgan fingerprint density at radius 3 is 2.45 bits per heavy atom. The van der Waals surface area contributed by atoms with Gasteiger partial charge in [0.25, 0.3) is 0 Å². The molecule has 0 spiro atoms. The van der Waals surface area contributed by atoms with Gasteiger partial charge in [-0.25, -0.2) is 0 Å². The van der Waals surface area contributed by atoms with Crippen molar-refractivity contribution in [2.24, 2.45) is 0 Å². The predicted octanol–water partition coefficient (Wildman–Crippen LogP) is 5.91. The lowest BCUT2D eigenvalue weighted by Crippen LogP contribution is -2.21. The highest BCUT2D eigenvalue weighted by molar-refractivity contribution is 7.15. The smallest absolute Gasteiger partial charge is 0.0414 e. The zero-order chi connectivity index (χ0) is 14.4. The Labute approximate surface area is 131 Å². The Hall–Kier alpha value is -0.830. The zero-order valence-corrected chi connectivity index (χ0v) is 13.7. The summed E-state index contributed by atoms with van der Waals surface area (Å²) in [5.41, 5.74) is 1.25. The van der Waals surface area contributed by atoms with Gasteiger partial charge in [-0.15, -0.1) is 11.3 Å². The third-order valence-electron chi connectivity index (χ3n) is 3.32. The van der Waals surface area contributed by atoms with Crippen LogP contribution in [0, 0.1) is 0 Å². The first-order valence-corrected chi connectivity index (χ1v) is 8.53. The van der Waals surface area contributed by atoms with E-state index in [4.69, 9.17) is 11.6 Å². The molecule has 20 heavy (non-hydrogen) atoms. The average Bonchev–Trinajstić information content (AvgIpc) is 2.94. The molecule has 2 aromatic rings. The molecule has 108 valence electrons. The molecule has 1 N–H and O–H groups in total. The van der Waals surface area contributed by atoms with Crippen molar-refractivity contribution in [3.8, 4) is 10.4 Å². The third kappa shape index (κ3) is 4.08. The molecule has 0 radical (unpaired) electrons. The molecule has 0 saturated heterocycles. The van der Waals surface area contributed by atoms with Crippen molar-refractivity contribution in [3.05, 3.63) is 46.3 Å². The van der Waals surface area contributed by atoms with Gasteiger partial charge in [-0.1, -0.05) is 44.0 Å². The van der Waals surface area contributed by atoms with Crippen molar-refractivity contribution >= 4 is 22.9 Å². The fraction of sp³-hybridized carbons (Fsp3) is 0.412. The minimum Gasteiger partial charge on any atom is -0.309 e. The maximum absolute atomic E-state index is 5.95. The van der Waals surface area contributed by atoms with Crippen LogP contribution in [0.5, 0.6) is 0 Å². The highest BCUT2D eigenvalue weighted by Crippen LogP contribution is 2.33.